The molecule has 1 aromatic rings. The van der Waals surface area contributed by atoms with E-state index < -0.39 is 6.04 Å². The number of hydrogen-bond donors (Lipinski definition) is 2. The zero-order chi connectivity index (χ0) is 17.2. The molecule has 4 nitrogen and oxygen atoms in total. The van der Waals surface area contributed by atoms with Gasteiger partial charge in [-0.05, 0) is 42.2 Å². The lowest BCUT2D eigenvalue weighted by Gasteiger charge is -2.39. The molecule has 1 aliphatic rings. The first-order chi connectivity index (χ1) is 10.7. The van der Waals surface area contributed by atoms with E-state index in [4.69, 9.17) is 0 Å². The van der Waals surface area contributed by atoms with Gasteiger partial charge in [-0.3, -0.25) is 9.59 Å². The van der Waals surface area contributed by atoms with Gasteiger partial charge in [-0.25, -0.2) is 0 Å². The molecule has 23 heavy (non-hydrogen) atoms. The summed E-state index contributed by atoms with van der Waals surface area (Å²) in [6, 6.07) is 8.13. The first-order valence-corrected chi connectivity index (χ1v) is 8.31. The minimum absolute atomic E-state index is 0.0825. The van der Waals surface area contributed by atoms with Crippen LogP contribution in [0.15, 0.2) is 24.3 Å². The molecule has 2 N–H and O–H groups in total. The molecule has 1 fully saturated rings. The van der Waals surface area contributed by atoms with Gasteiger partial charge in [-0.2, -0.15) is 0 Å². The van der Waals surface area contributed by atoms with E-state index in [1.54, 1.807) is 0 Å². The van der Waals surface area contributed by atoms with Crippen molar-refractivity contribution in [1.29, 1.82) is 0 Å². The van der Waals surface area contributed by atoms with Crippen LogP contribution in [0.25, 0.3) is 0 Å². The predicted molar refractivity (Wildman–Crippen MR) is 92.1 cm³/mol. The summed E-state index contributed by atoms with van der Waals surface area (Å²) in [5.74, 6) is 0.266. The smallest absolute Gasteiger partial charge is 0.243 e. The fourth-order valence-corrected chi connectivity index (χ4v) is 3.20. The lowest BCUT2D eigenvalue weighted by atomic mass is 9.74. The number of nitrogens with one attached hydrogen (secondary N) is 2. The molecule has 0 unspecified atom stereocenters. The van der Waals surface area contributed by atoms with Crippen LogP contribution in [0.4, 0.5) is 0 Å². The summed E-state index contributed by atoms with van der Waals surface area (Å²) in [5, 5.41) is 5.87. The van der Waals surface area contributed by atoms with Crippen LogP contribution >= 0.6 is 0 Å². The van der Waals surface area contributed by atoms with E-state index >= 15 is 0 Å². The maximum absolute atomic E-state index is 12.5. The van der Waals surface area contributed by atoms with E-state index in [0.29, 0.717) is 5.92 Å². The van der Waals surface area contributed by atoms with Crippen molar-refractivity contribution in [3.8, 4) is 0 Å². The summed E-state index contributed by atoms with van der Waals surface area (Å²) >= 11 is 0. The van der Waals surface area contributed by atoms with E-state index in [1.807, 2.05) is 20.8 Å². The van der Waals surface area contributed by atoms with Crippen LogP contribution in [0.3, 0.4) is 0 Å². The second-order valence-corrected chi connectivity index (χ2v) is 7.73. The molecule has 0 bridgehead atoms. The van der Waals surface area contributed by atoms with Gasteiger partial charge in [0.1, 0.15) is 6.04 Å². The van der Waals surface area contributed by atoms with Crippen LogP contribution in [-0.4, -0.2) is 23.9 Å². The normalized spacial score (nSPS) is 22.0. The Balaban J connectivity index is 1.92. The average molecular weight is 316 g/mol. The molecule has 0 aromatic heterocycles. The second kappa shape index (κ2) is 6.73. The molecule has 2 rings (SSSR count). The van der Waals surface area contributed by atoms with Gasteiger partial charge < -0.3 is 10.6 Å². The summed E-state index contributed by atoms with van der Waals surface area (Å²) in [4.78, 5) is 23.9. The van der Waals surface area contributed by atoms with Gasteiger partial charge in [-0.15, -0.1) is 0 Å². The molecule has 1 saturated carbocycles. The van der Waals surface area contributed by atoms with Crippen LogP contribution in [-0.2, 0) is 9.59 Å². The minimum atomic E-state index is -0.502. The largest absolute Gasteiger partial charge is 0.352 e. The third kappa shape index (κ3) is 4.34. The molecule has 0 saturated heterocycles. The molecule has 1 aromatic carbocycles. The summed E-state index contributed by atoms with van der Waals surface area (Å²) < 4.78 is 0. The van der Waals surface area contributed by atoms with Crippen LogP contribution in [0.1, 0.15) is 57.6 Å². The van der Waals surface area contributed by atoms with E-state index in [-0.39, 0.29) is 23.3 Å². The molecule has 1 aliphatic carbocycles. The first kappa shape index (κ1) is 17.5. The number of benzene rings is 1. The second-order valence-electron chi connectivity index (χ2n) is 7.73. The van der Waals surface area contributed by atoms with Gasteiger partial charge in [0.2, 0.25) is 11.8 Å². The zero-order valence-electron chi connectivity index (χ0n) is 14.8. The van der Waals surface area contributed by atoms with E-state index in [0.717, 1.165) is 12.8 Å². The van der Waals surface area contributed by atoms with E-state index in [2.05, 4.69) is 41.8 Å². The summed E-state index contributed by atoms with van der Waals surface area (Å²) in [5.41, 5.74) is 2.38. The number of amides is 2. The maximum Gasteiger partial charge on any atom is 0.243 e. The Morgan fingerprint density at radius 2 is 1.78 bits per heavy atom. The zero-order valence-corrected chi connectivity index (χ0v) is 14.8. The summed E-state index contributed by atoms with van der Waals surface area (Å²) in [7, 11) is 0. The highest BCUT2D eigenvalue weighted by molar-refractivity contribution is 5.87. The Hall–Kier alpha value is -1.84. The molecule has 0 heterocycles. The van der Waals surface area contributed by atoms with E-state index in [9.17, 15) is 9.59 Å². The van der Waals surface area contributed by atoms with Gasteiger partial charge in [-0.1, -0.05) is 45.0 Å². The molecule has 2 amide bonds. The number of carbonyl (C=O) groups excluding carboxylic acids is 2. The SMILES string of the molecule is CC(=O)N[C@H](C(=O)NC1CC(c2ccccc2C)C1)C(C)(C)C. The molecule has 0 radical (unpaired) electrons. The Morgan fingerprint density at radius 3 is 2.30 bits per heavy atom. The third-order valence-corrected chi connectivity index (χ3v) is 4.59. The summed E-state index contributed by atoms with van der Waals surface area (Å²) in [6.07, 6.45) is 1.93. The lowest BCUT2D eigenvalue weighted by Crippen LogP contribution is -2.56. The van der Waals surface area contributed by atoms with Crippen molar-refractivity contribution in [2.75, 3.05) is 0 Å². The van der Waals surface area contributed by atoms with Crippen molar-refractivity contribution in [1.82, 2.24) is 10.6 Å². The van der Waals surface area contributed by atoms with E-state index in [1.165, 1.54) is 18.1 Å². The van der Waals surface area contributed by atoms with Crippen molar-refractivity contribution in [2.24, 2.45) is 5.41 Å². The molecule has 126 valence electrons. The Bertz CT molecular complexity index is 583. The number of aryl methyl sites for hydroxylation is 1. The van der Waals surface area contributed by atoms with Gasteiger partial charge in [0.15, 0.2) is 0 Å². The number of hydrogen-bond acceptors (Lipinski definition) is 2. The van der Waals surface area contributed by atoms with Gasteiger partial charge in [0.05, 0.1) is 0 Å². The van der Waals surface area contributed by atoms with Crippen molar-refractivity contribution < 1.29 is 9.59 Å². The quantitative estimate of drug-likeness (QED) is 0.897. The van der Waals surface area contributed by atoms with Crippen LogP contribution in [0.5, 0.6) is 0 Å². The topological polar surface area (TPSA) is 58.2 Å². The molecular formula is C19H28N2O2. The standard InChI is InChI=1S/C19H28N2O2/c1-12-8-6-7-9-16(12)14-10-15(11-14)21-18(23)17(19(3,4)5)20-13(2)22/h6-9,14-15,17H,10-11H2,1-5H3,(H,20,22)(H,21,23)/t14?,15?,17-/m1/s1. The first-order valence-electron chi connectivity index (χ1n) is 8.31. The Kier molecular flexibility index (Phi) is 5.12. The van der Waals surface area contributed by atoms with Crippen molar-refractivity contribution >= 4 is 11.8 Å². The summed E-state index contributed by atoms with van der Waals surface area (Å²) in [6.45, 7) is 9.47. The molecule has 0 aliphatic heterocycles. The third-order valence-electron chi connectivity index (χ3n) is 4.59. The van der Waals surface area contributed by atoms with Crippen LogP contribution in [0.2, 0.25) is 0 Å². The van der Waals surface area contributed by atoms with Gasteiger partial charge >= 0.3 is 0 Å². The van der Waals surface area contributed by atoms with Crippen molar-refractivity contribution in [2.45, 2.75) is 65.5 Å². The Labute approximate surface area is 139 Å². The van der Waals surface area contributed by atoms with Crippen LogP contribution < -0.4 is 10.6 Å². The lowest BCUT2D eigenvalue weighted by molar-refractivity contribution is -0.131. The highest BCUT2D eigenvalue weighted by Gasteiger charge is 2.37. The predicted octanol–water partition coefficient (Wildman–Crippen LogP) is 2.91. The van der Waals surface area contributed by atoms with Crippen molar-refractivity contribution in [3.05, 3.63) is 35.4 Å². The number of carbonyl (C=O) groups is 2. The number of rotatable bonds is 4. The minimum Gasteiger partial charge on any atom is -0.352 e. The average Bonchev–Trinajstić information content (AvgIpc) is 2.39. The fourth-order valence-electron chi connectivity index (χ4n) is 3.20. The highest BCUT2D eigenvalue weighted by atomic mass is 16.2. The monoisotopic (exact) mass is 316 g/mol. The molecule has 4 heteroatoms. The van der Waals surface area contributed by atoms with Crippen molar-refractivity contribution in [3.63, 3.8) is 0 Å². The van der Waals surface area contributed by atoms with Gasteiger partial charge in [0.25, 0.3) is 0 Å². The maximum atomic E-state index is 12.5. The van der Waals surface area contributed by atoms with Crippen LogP contribution in [0, 0.1) is 12.3 Å². The highest BCUT2D eigenvalue weighted by Crippen LogP contribution is 2.38. The molecular weight excluding hydrogens is 288 g/mol. The van der Waals surface area contributed by atoms with Gasteiger partial charge in [0, 0.05) is 13.0 Å². The molecule has 1 atom stereocenters. The fraction of sp³-hybridized carbons (Fsp3) is 0.579. The Morgan fingerprint density at radius 1 is 1.17 bits per heavy atom. The molecule has 0 spiro atoms.